The lowest BCUT2D eigenvalue weighted by Gasteiger charge is -2.59. The van der Waals surface area contributed by atoms with Crippen LogP contribution < -0.4 is 0 Å². The molecule has 0 aromatic rings. The van der Waals surface area contributed by atoms with Crippen molar-refractivity contribution in [2.45, 2.75) is 89.4 Å². The zero-order chi connectivity index (χ0) is 20.5. The van der Waals surface area contributed by atoms with Crippen LogP contribution in [-0.2, 0) is 9.47 Å². The van der Waals surface area contributed by atoms with Crippen LogP contribution >= 0.6 is 0 Å². The van der Waals surface area contributed by atoms with E-state index in [0.29, 0.717) is 18.4 Å². The molecular weight excluding hydrogens is 364 g/mol. The molecule has 2 bridgehead atoms. The van der Waals surface area contributed by atoms with Gasteiger partial charge in [-0.1, -0.05) is 13.0 Å². The van der Waals surface area contributed by atoms with Gasteiger partial charge in [-0.2, -0.15) is 0 Å². The topological polar surface area (TPSA) is 58.9 Å². The lowest BCUT2D eigenvalue weighted by Crippen LogP contribution is -2.58. The van der Waals surface area contributed by atoms with Crippen LogP contribution in [0.5, 0.6) is 0 Å². The van der Waals surface area contributed by atoms with Gasteiger partial charge in [-0.15, -0.1) is 0 Å². The molecule has 1 unspecified atom stereocenters. The highest BCUT2D eigenvalue weighted by Crippen LogP contribution is 2.72. The van der Waals surface area contributed by atoms with Gasteiger partial charge in [0.2, 0.25) is 0 Å². The van der Waals surface area contributed by atoms with Crippen LogP contribution in [0.25, 0.3) is 0 Å². The Morgan fingerprint density at radius 1 is 1.28 bits per heavy atom. The summed E-state index contributed by atoms with van der Waals surface area (Å²) >= 11 is 0. The maximum Gasteiger partial charge on any atom is 0.130 e. The van der Waals surface area contributed by atoms with Gasteiger partial charge < -0.3 is 19.7 Å². The molecule has 0 radical (unpaired) electrons. The van der Waals surface area contributed by atoms with Gasteiger partial charge in [-0.25, -0.2) is 0 Å². The summed E-state index contributed by atoms with van der Waals surface area (Å²) < 4.78 is 12.0. The molecule has 160 valence electrons. The normalized spacial score (nSPS) is 49.6. The number of hydrogen-bond donors (Lipinski definition) is 2. The van der Waals surface area contributed by atoms with Crippen LogP contribution in [0.2, 0.25) is 0 Å². The number of allylic oxidation sites excluding steroid dienone is 1. The molecule has 29 heavy (non-hydrogen) atoms. The Labute approximate surface area is 175 Å². The minimum Gasteiger partial charge on any atom is -0.447 e. The van der Waals surface area contributed by atoms with E-state index >= 15 is 0 Å². The van der Waals surface area contributed by atoms with Gasteiger partial charge in [0.25, 0.3) is 0 Å². The maximum absolute atomic E-state index is 11.3. The van der Waals surface area contributed by atoms with Crippen molar-refractivity contribution in [1.82, 2.24) is 0 Å². The Bertz CT molecular complexity index is 775. The first-order valence-electron chi connectivity index (χ1n) is 11.7. The van der Waals surface area contributed by atoms with Gasteiger partial charge in [0.05, 0.1) is 24.9 Å². The van der Waals surface area contributed by atoms with Gasteiger partial charge in [0, 0.05) is 11.3 Å². The largest absolute Gasteiger partial charge is 0.447 e. The van der Waals surface area contributed by atoms with Crippen molar-refractivity contribution in [1.29, 1.82) is 0 Å². The Balaban J connectivity index is 1.47. The minimum atomic E-state index is -1.08. The number of rotatable bonds is 2. The Morgan fingerprint density at radius 3 is 2.90 bits per heavy atom. The summed E-state index contributed by atoms with van der Waals surface area (Å²) in [6.45, 7) is 7.49. The van der Waals surface area contributed by atoms with E-state index < -0.39 is 5.60 Å². The molecule has 1 heterocycles. The third-order valence-corrected chi connectivity index (χ3v) is 9.58. The van der Waals surface area contributed by atoms with Gasteiger partial charge in [-0.3, -0.25) is 0 Å². The van der Waals surface area contributed by atoms with Crippen molar-refractivity contribution in [3.8, 4) is 12.0 Å². The molecule has 5 rings (SSSR count). The van der Waals surface area contributed by atoms with E-state index in [2.05, 4.69) is 25.0 Å². The third-order valence-electron chi connectivity index (χ3n) is 9.58. The number of hydrogen-bond acceptors (Lipinski definition) is 4. The average molecular weight is 401 g/mol. The molecule has 0 aromatic heterocycles. The fourth-order valence-corrected chi connectivity index (χ4v) is 8.33. The van der Waals surface area contributed by atoms with E-state index in [9.17, 15) is 10.2 Å². The van der Waals surface area contributed by atoms with Gasteiger partial charge in [0.15, 0.2) is 0 Å². The monoisotopic (exact) mass is 400 g/mol. The molecule has 0 amide bonds. The van der Waals surface area contributed by atoms with Crippen molar-refractivity contribution in [3.05, 3.63) is 11.6 Å². The molecule has 1 spiro atoms. The number of aliphatic hydroxyl groups excluding tert-OH is 1. The predicted octanol–water partition coefficient (Wildman–Crippen LogP) is 3.81. The number of fused-ring (bicyclic) bond motifs is 1. The first-order chi connectivity index (χ1) is 13.8. The van der Waals surface area contributed by atoms with Crippen molar-refractivity contribution in [3.63, 3.8) is 0 Å². The summed E-state index contributed by atoms with van der Waals surface area (Å²) in [6, 6.07) is 0. The molecule has 4 fully saturated rings. The van der Waals surface area contributed by atoms with Crippen LogP contribution in [0.15, 0.2) is 11.6 Å². The molecule has 4 nitrogen and oxygen atoms in total. The highest BCUT2D eigenvalue weighted by Gasteiger charge is 2.71. The van der Waals surface area contributed by atoms with E-state index in [-0.39, 0.29) is 28.5 Å². The highest BCUT2D eigenvalue weighted by molar-refractivity contribution is 5.40. The SMILES string of the molecule is CCOC#CC(C)(O)[C@H]1CC=C2[C@]1(C)CC[C@@H]1[C@@]34CC[C@H](O)C[C@@H]3CC[C@@]21OC4. The second-order valence-corrected chi connectivity index (χ2v) is 10.8. The van der Waals surface area contributed by atoms with Gasteiger partial charge in [0.1, 0.15) is 11.7 Å². The molecular formula is C25H36O4. The molecule has 8 atom stereocenters. The van der Waals surface area contributed by atoms with Crippen molar-refractivity contribution >= 4 is 0 Å². The maximum atomic E-state index is 11.3. The highest BCUT2D eigenvalue weighted by atomic mass is 16.5. The third kappa shape index (κ3) is 2.57. The zero-order valence-corrected chi connectivity index (χ0v) is 18.2. The summed E-state index contributed by atoms with van der Waals surface area (Å²) in [5.74, 6) is 4.25. The molecule has 3 saturated carbocycles. The number of aliphatic hydroxyl groups is 2. The summed E-state index contributed by atoms with van der Waals surface area (Å²) in [5.41, 5.74) is 0.409. The van der Waals surface area contributed by atoms with Crippen LogP contribution in [0.4, 0.5) is 0 Å². The fourth-order valence-electron chi connectivity index (χ4n) is 8.33. The van der Waals surface area contributed by atoms with Crippen molar-refractivity contribution in [2.24, 2.45) is 28.6 Å². The molecule has 4 aliphatic carbocycles. The van der Waals surface area contributed by atoms with E-state index in [1.165, 1.54) is 5.57 Å². The Morgan fingerprint density at radius 2 is 2.10 bits per heavy atom. The standard InChI is InChI=1S/C25H36O4/c1-4-28-14-13-23(3,27)19-5-6-20-22(19,2)10-9-21-24-11-8-18(26)15-17(24)7-12-25(20,21)29-16-24/h6,17-19,21,26-27H,4-5,7-12,15-16H2,1-3H3/t17-,18-,19-,21+,22+,23?,24+,25+/m0/s1. The van der Waals surface area contributed by atoms with Crippen LogP contribution in [-0.4, -0.2) is 40.7 Å². The molecule has 0 aromatic carbocycles. The van der Waals surface area contributed by atoms with E-state index in [0.717, 1.165) is 58.0 Å². The lowest BCUT2D eigenvalue weighted by molar-refractivity contribution is -0.0963. The predicted molar refractivity (Wildman–Crippen MR) is 111 cm³/mol. The first kappa shape index (κ1) is 19.9. The molecule has 1 saturated heterocycles. The number of ether oxygens (including phenoxy) is 2. The van der Waals surface area contributed by atoms with E-state index in [1.54, 1.807) is 0 Å². The minimum absolute atomic E-state index is 0.0688. The summed E-state index contributed by atoms with van der Waals surface area (Å²) in [5, 5.41) is 21.5. The van der Waals surface area contributed by atoms with Crippen LogP contribution in [0, 0.1) is 40.6 Å². The quantitative estimate of drug-likeness (QED) is 0.547. The first-order valence-corrected chi connectivity index (χ1v) is 11.7. The van der Waals surface area contributed by atoms with Gasteiger partial charge in [-0.05, 0) is 94.0 Å². The summed E-state index contributed by atoms with van der Waals surface area (Å²) in [6.07, 6.45) is 13.3. The van der Waals surface area contributed by atoms with Gasteiger partial charge >= 0.3 is 0 Å². The van der Waals surface area contributed by atoms with Crippen LogP contribution in [0.3, 0.4) is 0 Å². The smallest absolute Gasteiger partial charge is 0.130 e. The lowest BCUT2D eigenvalue weighted by atomic mass is 9.45. The molecule has 1 aliphatic heterocycles. The average Bonchev–Trinajstić information content (AvgIpc) is 3.15. The summed E-state index contributed by atoms with van der Waals surface area (Å²) in [4.78, 5) is 0. The second-order valence-electron chi connectivity index (χ2n) is 10.8. The van der Waals surface area contributed by atoms with Crippen molar-refractivity contribution < 1.29 is 19.7 Å². The van der Waals surface area contributed by atoms with Crippen molar-refractivity contribution in [2.75, 3.05) is 13.2 Å². The van der Waals surface area contributed by atoms with E-state index in [1.807, 2.05) is 13.8 Å². The fraction of sp³-hybridized carbons (Fsp3) is 0.840. The second kappa shape index (κ2) is 6.49. The Kier molecular flexibility index (Phi) is 4.46. The molecule has 2 N–H and O–H groups in total. The summed E-state index contributed by atoms with van der Waals surface area (Å²) in [7, 11) is 0. The Hall–Kier alpha value is -1.02. The van der Waals surface area contributed by atoms with E-state index in [4.69, 9.17) is 9.47 Å². The van der Waals surface area contributed by atoms with Crippen LogP contribution in [0.1, 0.15) is 72.1 Å². The molecule has 4 heteroatoms. The molecule has 5 aliphatic rings. The zero-order valence-electron chi connectivity index (χ0n) is 18.2.